The number of hydrogen-bond donors (Lipinski definition) is 1. The van der Waals surface area contributed by atoms with E-state index in [9.17, 15) is 13.6 Å². The van der Waals surface area contributed by atoms with Gasteiger partial charge in [-0.15, -0.1) is 0 Å². The van der Waals surface area contributed by atoms with Gasteiger partial charge in [-0.2, -0.15) is 0 Å². The van der Waals surface area contributed by atoms with Gasteiger partial charge in [0.1, 0.15) is 0 Å². The van der Waals surface area contributed by atoms with Gasteiger partial charge in [0, 0.05) is 12.8 Å². The average Bonchev–Trinajstić information content (AvgIpc) is 2.56. The number of carbonyl (C=O) groups excluding carboxylic acids is 1. The van der Waals surface area contributed by atoms with Crippen LogP contribution in [0.2, 0.25) is 0 Å². The van der Waals surface area contributed by atoms with Crippen LogP contribution in [0, 0.1) is 11.6 Å². The number of allylic oxidation sites excluding steroid dienone is 1. The van der Waals surface area contributed by atoms with Crippen molar-refractivity contribution in [2.24, 2.45) is 0 Å². The number of esters is 1. The van der Waals surface area contributed by atoms with E-state index in [0.29, 0.717) is 23.0 Å². The van der Waals surface area contributed by atoms with Gasteiger partial charge in [-0.25, -0.2) is 13.6 Å². The van der Waals surface area contributed by atoms with Gasteiger partial charge in [-0.05, 0) is 43.8 Å². The van der Waals surface area contributed by atoms with E-state index >= 15 is 0 Å². The SMILES string of the molecule is COC[C@H](C)N1C(=S)N[C@H](c2ccc(F)c(F)c2)C(C(=O)OC)=C1C. The molecule has 1 aromatic carbocycles. The van der Waals surface area contributed by atoms with Crippen LogP contribution >= 0.6 is 12.2 Å². The number of halogens is 2. The van der Waals surface area contributed by atoms with Crippen molar-refractivity contribution in [3.8, 4) is 0 Å². The first-order chi connectivity index (χ1) is 11.8. The molecule has 8 heteroatoms. The van der Waals surface area contributed by atoms with Crippen LogP contribution in [-0.2, 0) is 14.3 Å². The highest BCUT2D eigenvalue weighted by Gasteiger charge is 2.36. The highest BCUT2D eigenvalue weighted by molar-refractivity contribution is 7.80. The molecule has 0 spiro atoms. The van der Waals surface area contributed by atoms with E-state index in [0.717, 1.165) is 12.1 Å². The van der Waals surface area contributed by atoms with E-state index in [1.165, 1.54) is 13.2 Å². The Balaban J connectivity index is 2.55. The molecular weight excluding hydrogens is 350 g/mol. The Hall–Kier alpha value is -2.06. The summed E-state index contributed by atoms with van der Waals surface area (Å²) in [5.41, 5.74) is 1.24. The van der Waals surface area contributed by atoms with Crippen LogP contribution in [0.15, 0.2) is 29.5 Å². The molecule has 2 rings (SSSR count). The zero-order valence-corrected chi connectivity index (χ0v) is 15.2. The third-order valence-electron chi connectivity index (χ3n) is 4.06. The molecule has 136 valence electrons. The lowest BCUT2D eigenvalue weighted by atomic mass is 9.94. The standard InChI is InChI=1S/C17H20F2N2O3S/c1-9(8-23-3)21-10(2)14(16(22)24-4)15(20-17(21)25)11-5-6-12(18)13(19)7-11/h5-7,9,15H,8H2,1-4H3,(H,20,25)/t9-,15+/m0/s1. The van der Waals surface area contributed by atoms with Crippen molar-refractivity contribution < 1.29 is 23.0 Å². The molecule has 0 unspecified atom stereocenters. The van der Waals surface area contributed by atoms with Crippen molar-refractivity contribution in [2.75, 3.05) is 20.8 Å². The first-order valence-corrected chi connectivity index (χ1v) is 8.05. The molecular formula is C17H20F2N2O3S. The maximum Gasteiger partial charge on any atom is 0.337 e. The Morgan fingerprint density at radius 1 is 1.36 bits per heavy atom. The zero-order valence-electron chi connectivity index (χ0n) is 14.4. The second-order valence-corrected chi connectivity index (χ2v) is 6.11. The van der Waals surface area contributed by atoms with Crippen molar-refractivity contribution >= 4 is 23.3 Å². The number of nitrogens with zero attached hydrogens (tertiary/aromatic N) is 1. The van der Waals surface area contributed by atoms with E-state index in [1.54, 1.807) is 18.9 Å². The normalized spacial score (nSPS) is 18.9. The van der Waals surface area contributed by atoms with Crippen molar-refractivity contribution in [1.29, 1.82) is 0 Å². The third-order valence-corrected chi connectivity index (χ3v) is 4.37. The molecule has 1 aliphatic heterocycles. The summed E-state index contributed by atoms with van der Waals surface area (Å²) < 4.78 is 36.9. The quantitative estimate of drug-likeness (QED) is 0.635. The molecule has 0 amide bonds. The summed E-state index contributed by atoms with van der Waals surface area (Å²) >= 11 is 5.41. The number of benzene rings is 1. The fourth-order valence-electron chi connectivity index (χ4n) is 2.92. The topological polar surface area (TPSA) is 50.8 Å². The van der Waals surface area contributed by atoms with Gasteiger partial charge < -0.3 is 19.7 Å². The van der Waals surface area contributed by atoms with Crippen LogP contribution in [0.25, 0.3) is 0 Å². The van der Waals surface area contributed by atoms with Gasteiger partial charge in [-0.3, -0.25) is 0 Å². The molecule has 2 atom stereocenters. The molecule has 0 saturated heterocycles. The lowest BCUT2D eigenvalue weighted by Gasteiger charge is -2.40. The molecule has 1 aliphatic rings. The van der Waals surface area contributed by atoms with Gasteiger partial charge >= 0.3 is 5.97 Å². The summed E-state index contributed by atoms with van der Waals surface area (Å²) in [5.74, 6) is -2.53. The highest BCUT2D eigenvalue weighted by atomic mass is 32.1. The number of rotatable bonds is 5. The summed E-state index contributed by atoms with van der Waals surface area (Å²) in [4.78, 5) is 14.1. The Kier molecular flexibility index (Phi) is 6.07. The summed E-state index contributed by atoms with van der Waals surface area (Å²) in [6.45, 7) is 4.02. The van der Waals surface area contributed by atoms with E-state index in [-0.39, 0.29) is 11.6 Å². The molecule has 25 heavy (non-hydrogen) atoms. The van der Waals surface area contributed by atoms with Crippen molar-refractivity contribution in [1.82, 2.24) is 10.2 Å². The summed E-state index contributed by atoms with van der Waals surface area (Å²) in [6.07, 6.45) is 0. The molecule has 0 radical (unpaired) electrons. The summed E-state index contributed by atoms with van der Waals surface area (Å²) in [6, 6.07) is 2.60. The molecule has 0 bridgehead atoms. The fraction of sp³-hybridized carbons (Fsp3) is 0.412. The third kappa shape index (κ3) is 3.80. The van der Waals surface area contributed by atoms with Crippen LogP contribution in [0.3, 0.4) is 0 Å². The molecule has 5 nitrogen and oxygen atoms in total. The predicted molar refractivity (Wildman–Crippen MR) is 92.7 cm³/mol. The number of carbonyl (C=O) groups is 1. The molecule has 1 aromatic rings. The highest BCUT2D eigenvalue weighted by Crippen LogP contribution is 2.33. The molecule has 1 heterocycles. The number of thiocarbonyl (C=S) groups is 1. The minimum atomic E-state index is -0.998. The van der Waals surface area contributed by atoms with Gasteiger partial charge in [0.2, 0.25) is 0 Å². The largest absolute Gasteiger partial charge is 0.466 e. The van der Waals surface area contributed by atoms with Crippen molar-refractivity contribution in [3.63, 3.8) is 0 Å². The monoisotopic (exact) mass is 370 g/mol. The molecule has 0 aliphatic carbocycles. The van der Waals surface area contributed by atoms with Crippen LogP contribution in [0.1, 0.15) is 25.5 Å². The van der Waals surface area contributed by atoms with Gasteiger partial charge in [0.25, 0.3) is 0 Å². The van der Waals surface area contributed by atoms with E-state index in [4.69, 9.17) is 21.7 Å². The first kappa shape index (κ1) is 19.3. The number of methoxy groups -OCH3 is 2. The lowest BCUT2D eigenvalue weighted by molar-refractivity contribution is -0.136. The average molecular weight is 370 g/mol. The van der Waals surface area contributed by atoms with E-state index in [1.807, 2.05) is 6.92 Å². The van der Waals surface area contributed by atoms with Crippen LogP contribution in [0.4, 0.5) is 8.78 Å². The Morgan fingerprint density at radius 3 is 2.60 bits per heavy atom. The number of nitrogens with one attached hydrogen (secondary N) is 1. The zero-order chi connectivity index (χ0) is 18.7. The van der Waals surface area contributed by atoms with Crippen LogP contribution in [0.5, 0.6) is 0 Å². The number of ether oxygens (including phenoxy) is 2. The van der Waals surface area contributed by atoms with Crippen LogP contribution in [-0.4, -0.2) is 42.8 Å². The minimum Gasteiger partial charge on any atom is -0.466 e. The summed E-state index contributed by atoms with van der Waals surface area (Å²) in [7, 11) is 2.84. The van der Waals surface area contributed by atoms with Crippen molar-refractivity contribution in [2.45, 2.75) is 25.9 Å². The lowest BCUT2D eigenvalue weighted by Crippen LogP contribution is -2.52. The Morgan fingerprint density at radius 2 is 2.04 bits per heavy atom. The van der Waals surface area contributed by atoms with E-state index < -0.39 is 23.6 Å². The molecule has 0 aromatic heterocycles. The maximum absolute atomic E-state index is 13.6. The minimum absolute atomic E-state index is 0.129. The van der Waals surface area contributed by atoms with Gasteiger partial charge in [0.15, 0.2) is 16.7 Å². The smallest absolute Gasteiger partial charge is 0.337 e. The molecule has 0 fully saturated rings. The Labute approximate surface area is 150 Å². The second-order valence-electron chi connectivity index (χ2n) is 5.72. The van der Waals surface area contributed by atoms with Gasteiger partial charge in [-0.1, -0.05) is 6.07 Å². The first-order valence-electron chi connectivity index (χ1n) is 7.64. The van der Waals surface area contributed by atoms with Crippen molar-refractivity contribution in [3.05, 3.63) is 46.7 Å². The Bertz CT molecular complexity index is 724. The fourth-order valence-corrected chi connectivity index (χ4v) is 3.35. The summed E-state index contributed by atoms with van der Waals surface area (Å²) in [5, 5.41) is 3.38. The van der Waals surface area contributed by atoms with Crippen LogP contribution < -0.4 is 5.32 Å². The second kappa shape index (κ2) is 7.88. The van der Waals surface area contributed by atoms with E-state index in [2.05, 4.69) is 5.32 Å². The maximum atomic E-state index is 13.6. The van der Waals surface area contributed by atoms with Gasteiger partial charge in [0.05, 0.1) is 31.4 Å². The molecule has 1 N–H and O–H groups in total. The molecule has 0 saturated carbocycles. The number of hydrogen-bond acceptors (Lipinski definition) is 4. The predicted octanol–water partition coefficient (Wildman–Crippen LogP) is 2.68.